The first-order chi connectivity index (χ1) is 8.15. The summed E-state index contributed by atoms with van der Waals surface area (Å²) in [6, 6.07) is 1.92. The second kappa shape index (κ2) is 4.92. The van der Waals surface area contributed by atoms with Crippen LogP contribution in [0.3, 0.4) is 0 Å². The van der Waals surface area contributed by atoms with Crippen LogP contribution in [0.5, 0.6) is 0 Å². The van der Waals surface area contributed by atoms with Crippen LogP contribution in [0.25, 0.3) is 5.65 Å². The Labute approximate surface area is 98.8 Å². The summed E-state index contributed by atoms with van der Waals surface area (Å²) in [5, 5.41) is 7.41. The van der Waals surface area contributed by atoms with Crippen LogP contribution in [-0.2, 0) is 11.3 Å². The van der Waals surface area contributed by atoms with Crippen LogP contribution in [-0.4, -0.2) is 27.0 Å². The lowest BCUT2D eigenvalue weighted by atomic mass is 10.3. The average molecular weight is 233 g/mol. The monoisotopic (exact) mass is 233 g/mol. The molecule has 2 aromatic heterocycles. The maximum Gasteiger partial charge on any atom is 0.218 e. The van der Waals surface area contributed by atoms with Crippen molar-refractivity contribution in [3.63, 3.8) is 0 Å². The molecule has 17 heavy (non-hydrogen) atoms. The van der Waals surface area contributed by atoms with Gasteiger partial charge in [0.25, 0.3) is 0 Å². The molecule has 0 aliphatic carbocycles. The van der Waals surface area contributed by atoms with Crippen molar-refractivity contribution in [1.82, 2.24) is 19.9 Å². The zero-order valence-electron chi connectivity index (χ0n) is 9.68. The molecule has 0 aliphatic rings. The largest absolute Gasteiger partial charge is 0.370 e. The summed E-state index contributed by atoms with van der Waals surface area (Å²) in [6.45, 7) is 3.15. The number of hydrogen-bond donors (Lipinski definition) is 2. The molecule has 0 saturated carbocycles. The van der Waals surface area contributed by atoms with Gasteiger partial charge in [-0.05, 0) is 6.92 Å². The summed E-state index contributed by atoms with van der Waals surface area (Å²) in [5.74, 6) is -0.297. The number of nitrogens with one attached hydrogen (secondary N) is 1. The van der Waals surface area contributed by atoms with Gasteiger partial charge in [0, 0.05) is 43.5 Å². The van der Waals surface area contributed by atoms with Gasteiger partial charge >= 0.3 is 0 Å². The molecule has 2 rings (SSSR count). The minimum absolute atomic E-state index is 0.297. The van der Waals surface area contributed by atoms with Crippen molar-refractivity contribution < 1.29 is 4.79 Å². The van der Waals surface area contributed by atoms with Crippen LogP contribution >= 0.6 is 0 Å². The molecule has 2 aromatic rings. The number of rotatable bonds is 5. The van der Waals surface area contributed by atoms with E-state index in [-0.39, 0.29) is 5.91 Å². The van der Waals surface area contributed by atoms with Crippen LogP contribution in [0.15, 0.2) is 18.5 Å². The predicted molar refractivity (Wildman–Crippen MR) is 63.2 cm³/mol. The van der Waals surface area contributed by atoms with E-state index in [0.29, 0.717) is 19.5 Å². The minimum Gasteiger partial charge on any atom is -0.370 e. The Kier molecular flexibility index (Phi) is 3.34. The Morgan fingerprint density at radius 1 is 1.59 bits per heavy atom. The maximum atomic E-state index is 10.5. The third kappa shape index (κ3) is 3.01. The van der Waals surface area contributed by atoms with Crippen molar-refractivity contribution >= 4 is 11.6 Å². The Hall–Kier alpha value is -1.95. The molecule has 0 aromatic carbocycles. The van der Waals surface area contributed by atoms with Crippen molar-refractivity contribution in [1.29, 1.82) is 0 Å². The van der Waals surface area contributed by atoms with E-state index < -0.39 is 0 Å². The zero-order chi connectivity index (χ0) is 12.3. The van der Waals surface area contributed by atoms with Crippen LogP contribution in [0.2, 0.25) is 0 Å². The Balaban J connectivity index is 1.96. The van der Waals surface area contributed by atoms with Crippen molar-refractivity contribution in [3.8, 4) is 0 Å². The molecule has 2 heterocycles. The van der Waals surface area contributed by atoms with E-state index in [1.807, 2.05) is 19.2 Å². The molecular weight excluding hydrogens is 218 g/mol. The fourth-order valence-corrected chi connectivity index (χ4v) is 1.57. The topological polar surface area (TPSA) is 85.3 Å². The molecule has 6 heteroatoms. The van der Waals surface area contributed by atoms with Gasteiger partial charge in [0.05, 0.1) is 5.69 Å². The molecule has 0 saturated heterocycles. The second-order valence-electron chi connectivity index (χ2n) is 3.94. The number of carbonyl (C=O) groups excluding carboxylic acids is 1. The minimum atomic E-state index is -0.297. The summed E-state index contributed by atoms with van der Waals surface area (Å²) >= 11 is 0. The lowest BCUT2D eigenvalue weighted by Crippen LogP contribution is -2.21. The van der Waals surface area contributed by atoms with Crippen molar-refractivity contribution in [2.45, 2.75) is 19.9 Å². The van der Waals surface area contributed by atoms with Crippen molar-refractivity contribution in [2.24, 2.45) is 5.73 Å². The number of primary amides is 1. The number of amides is 1. The lowest BCUT2D eigenvalue weighted by Gasteiger charge is -2.03. The molecule has 1 amide bonds. The van der Waals surface area contributed by atoms with Crippen LogP contribution in [0, 0.1) is 6.92 Å². The Morgan fingerprint density at radius 3 is 3.18 bits per heavy atom. The maximum absolute atomic E-state index is 10.5. The van der Waals surface area contributed by atoms with E-state index in [0.717, 1.165) is 16.9 Å². The van der Waals surface area contributed by atoms with Crippen LogP contribution < -0.4 is 11.1 Å². The highest BCUT2D eigenvalue weighted by Gasteiger charge is 2.00. The predicted octanol–water partition coefficient (Wildman–Crippen LogP) is 0.00272. The highest BCUT2D eigenvalue weighted by Crippen LogP contribution is 2.04. The highest BCUT2D eigenvalue weighted by atomic mass is 16.1. The SMILES string of the molecule is Cc1cc2ncc(CNCCC(N)=O)cn2n1. The van der Waals surface area contributed by atoms with E-state index in [4.69, 9.17) is 5.73 Å². The van der Waals surface area contributed by atoms with Gasteiger partial charge in [0.1, 0.15) is 0 Å². The Morgan fingerprint density at radius 2 is 2.41 bits per heavy atom. The molecule has 0 atom stereocenters. The first-order valence-corrected chi connectivity index (χ1v) is 5.45. The van der Waals surface area contributed by atoms with Gasteiger partial charge in [-0.25, -0.2) is 9.50 Å². The van der Waals surface area contributed by atoms with Crippen molar-refractivity contribution in [2.75, 3.05) is 6.54 Å². The Bertz CT molecular complexity index is 534. The summed E-state index contributed by atoms with van der Waals surface area (Å²) in [4.78, 5) is 14.8. The van der Waals surface area contributed by atoms with E-state index in [9.17, 15) is 4.79 Å². The molecular formula is C11H15N5O. The van der Waals surface area contributed by atoms with Gasteiger partial charge < -0.3 is 11.1 Å². The van der Waals surface area contributed by atoms with Gasteiger partial charge in [-0.1, -0.05) is 0 Å². The van der Waals surface area contributed by atoms with Gasteiger partial charge in [-0.2, -0.15) is 5.10 Å². The number of aryl methyl sites for hydroxylation is 1. The smallest absolute Gasteiger partial charge is 0.218 e. The molecule has 0 aliphatic heterocycles. The summed E-state index contributed by atoms with van der Waals surface area (Å²) in [5.41, 5.74) is 7.84. The van der Waals surface area contributed by atoms with Gasteiger partial charge in [0.15, 0.2) is 5.65 Å². The molecule has 3 N–H and O–H groups in total. The number of fused-ring (bicyclic) bond motifs is 1. The number of carbonyl (C=O) groups is 1. The normalized spacial score (nSPS) is 10.9. The van der Waals surface area contributed by atoms with Crippen LogP contribution in [0.1, 0.15) is 17.7 Å². The number of nitrogens with zero attached hydrogens (tertiary/aromatic N) is 3. The highest BCUT2D eigenvalue weighted by molar-refractivity contribution is 5.73. The molecule has 90 valence electrons. The number of hydrogen-bond acceptors (Lipinski definition) is 4. The van der Waals surface area contributed by atoms with E-state index >= 15 is 0 Å². The fraction of sp³-hybridized carbons (Fsp3) is 0.364. The third-order valence-corrected chi connectivity index (χ3v) is 2.37. The first-order valence-electron chi connectivity index (χ1n) is 5.45. The van der Waals surface area contributed by atoms with Gasteiger partial charge in [-0.3, -0.25) is 4.79 Å². The third-order valence-electron chi connectivity index (χ3n) is 2.37. The van der Waals surface area contributed by atoms with Gasteiger partial charge in [-0.15, -0.1) is 0 Å². The number of aromatic nitrogens is 3. The average Bonchev–Trinajstić information content (AvgIpc) is 2.63. The van der Waals surface area contributed by atoms with Crippen molar-refractivity contribution in [3.05, 3.63) is 29.7 Å². The fourth-order valence-electron chi connectivity index (χ4n) is 1.57. The molecule has 6 nitrogen and oxygen atoms in total. The first kappa shape index (κ1) is 11.5. The second-order valence-corrected chi connectivity index (χ2v) is 3.94. The summed E-state index contributed by atoms with van der Waals surface area (Å²) in [6.07, 6.45) is 4.07. The van der Waals surface area contributed by atoms with E-state index in [2.05, 4.69) is 15.4 Å². The van der Waals surface area contributed by atoms with E-state index in [1.54, 1.807) is 10.7 Å². The van der Waals surface area contributed by atoms with E-state index in [1.165, 1.54) is 0 Å². The molecule has 0 spiro atoms. The number of nitrogens with two attached hydrogens (primary N) is 1. The lowest BCUT2D eigenvalue weighted by molar-refractivity contribution is -0.117. The summed E-state index contributed by atoms with van der Waals surface area (Å²) in [7, 11) is 0. The van der Waals surface area contributed by atoms with Crippen LogP contribution in [0.4, 0.5) is 0 Å². The molecule has 0 radical (unpaired) electrons. The standard InChI is InChI=1S/C11H15N5O/c1-8-4-11-14-6-9(7-16(11)15-8)5-13-3-2-10(12)17/h4,6-7,13H,2-3,5H2,1H3,(H2,12,17). The zero-order valence-corrected chi connectivity index (χ0v) is 9.68. The molecule has 0 bridgehead atoms. The summed E-state index contributed by atoms with van der Waals surface area (Å²) < 4.78 is 1.75. The molecule has 0 unspecified atom stereocenters. The molecule has 0 fully saturated rings. The van der Waals surface area contributed by atoms with Gasteiger partial charge in [0.2, 0.25) is 5.91 Å². The quantitative estimate of drug-likeness (QED) is 0.712.